The fourth-order valence-electron chi connectivity index (χ4n) is 3.13. The van der Waals surface area contributed by atoms with Crippen LogP contribution in [-0.2, 0) is 9.59 Å². The van der Waals surface area contributed by atoms with Crippen LogP contribution in [0.2, 0.25) is 5.02 Å². The van der Waals surface area contributed by atoms with Crippen LogP contribution in [-0.4, -0.2) is 62.5 Å². The first-order chi connectivity index (χ1) is 12.9. The summed E-state index contributed by atoms with van der Waals surface area (Å²) in [7, 11) is 5.06. The smallest absolute Gasteiger partial charge is 0.246 e. The van der Waals surface area contributed by atoms with E-state index in [1.54, 1.807) is 42.1 Å². The van der Waals surface area contributed by atoms with Crippen molar-refractivity contribution in [1.82, 2.24) is 9.80 Å². The van der Waals surface area contributed by atoms with Gasteiger partial charge in [0.05, 0.1) is 18.7 Å². The Bertz CT molecular complexity index is 710. The van der Waals surface area contributed by atoms with Gasteiger partial charge in [-0.2, -0.15) is 0 Å². The van der Waals surface area contributed by atoms with Crippen molar-refractivity contribution in [2.45, 2.75) is 19.8 Å². The van der Waals surface area contributed by atoms with Gasteiger partial charge < -0.3 is 19.3 Å². The molecular formula is C20H27ClN2O4. The molecular weight excluding hydrogens is 368 g/mol. The maximum absolute atomic E-state index is 12.5. The number of amides is 2. The van der Waals surface area contributed by atoms with Crippen LogP contribution in [0.15, 0.2) is 18.2 Å². The van der Waals surface area contributed by atoms with E-state index in [2.05, 4.69) is 0 Å². The van der Waals surface area contributed by atoms with Gasteiger partial charge in [-0.1, -0.05) is 11.6 Å². The van der Waals surface area contributed by atoms with E-state index >= 15 is 0 Å². The van der Waals surface area contributed by atoms with Crippen molar-refractivity contribution in [3.63, 3.8) is 0 Å². The predicted octanol–water partition coefficient (Wildman–Crippen LogP) is 3.09. The standard InChI is InChI=1S/C20H27ClN2O4/c1-5-27-17-13-14(12-16(21)19(17)26-4)6-7-18(24)23-10-8-15(9-11-23)20(25)22(2)3/h6-7,12-13,15H,5,8-11H2,1-4H3. The maximum atomic E-state index is 12.5. The number of carbonyl (C=O) groups excluding carboxylic acids is 2. The number of ether oxygens (including phenoxy) is 2. The third kappa shape index (κ3) is 5.39. The van der Waals surface area contributed by atoms with E-state index in [0.29, 0.717) is 49.1 Å². The number of likely N-dealkylation sites (tertiary alicyclic amines) is 1. The summed E-state index contributed by atoms with van der Waals surface area (Å²) < 4.78 is 10.8. The van der Waals surface area contributed by atoms with Gasteiger partial charge in [-0.25, -0.2) is 0 Å². The minimum atomic E-state index is -0.0735. The predicted molar refractivity (Wildman–Crippen MR) is 106 cm³/mol. The Labute approximate surface area is 165 Å². The van der Waals surface area contributed by atoms with E-state index in [0.717, 1.165) is 5.56 Å². The fraction of sp³-hybridized carbons (Fsp3) is 0.500. The summed E-state index contributed by atoms with van der Waals surface area (Å²) >= 11 is 6.24. The van der Waals surface area contributed by atoms with Crippen LogP contribution in [0, 0.1) is 5.92 Å². The summed E-state index contributed by atoms with van der Waals surface area (Å²) in [6.07, 6.45) is 4.63. The number of nitrogens with zero attached hydrogens (tertiary/aromatic N) is 2. The van der Waals surface area contributed by atoms with Crippen molar-refractivity contribution in [3.8, 4) is 11.5 Å². The Kier molecular flexibility index (Phi) is 7.54. The van der Waals surface area contributed by atoms with E-state index in [4.69, 9.17) is 21.1 Å². The molecule has 1 aromatic carbocycles. The van der Waals surface area contributed by atoms with Crippen LogP contribution >= 0.6 is 11.6 Å². The third-order valence-electron chi connectivity index (χ3n) is 4.55. The summed E-state index contributed by atoms with van der Waals surface area (Å²) in [4.78, 5) is 27.9. The van der Waals surface area contributed by atoms with Crippen LogP contribution < -0.4 is 9.47 Å². The summed E-state index contributed by atoms with van der Waals surface area (Å²) in [6, 6.07) is 3.52. The Morgan fingerprint density at radius 3 is 2.52 bits per heavy atom. The van der Waals surface area contributed by atoms with Crippen molar-refractivity contribution in [2.75, 3.05) is 40.9 Å². The Balaban J connectivity index is 2.02. The van der Waals surface area contributed by atoms with E-state index in [-0.39, 0.29) is 17.7 Å². The highest BCUT2D eigenvalue weighted by Crippen LogP contribution is 2.36. The number of rotatable bonds is 6. The molecule has 0 N–H and O–H groups in total. The van der Waals surface area contributed by atoms with Gasteiger partial charge in [-0.3, -0.25) is 9.59 Å². The molecule has 1 heterocycles. The van der Waals surface area contributed by atoms with Gasteiger partial charge in [0.15, 0.2) is 11.5 Å². The average Bonchev–Trinajstić information content (AvgIpc) is 2.65. The van der Waals surface area contributed by atoms with Gasteiger partial charge in [0.2, 0.25) is 11.8 Å². The van der Waals surface area contributed by atoms with Gasteiger partial charge in [0, 0.05) is 39.2 Å². The van der Waals surface area contributed by atoms with Crippen molar-refractivity contribution < 1.29 is 19.1 Å². The molecule has 7 heteroatoms. The minimum Gasteiger partial charge on any atom is -0.491 e. The quantitative estimate of drug-likeness (QED) is 0.696. The molecule has 0 aliphatic carbocycles. The van der Waals surface area contributed by atoms with Crippen molar-refractivity contribution in [1.29, 1.82) is 0 Å². The van der Waals surface area contributed by atoms with Gasteiger partial charge >= 0.3 is 0 Å². The Hall–Kier alpha value is -2.21. The zero-order valence-electron chi connectivity index (χ0n) is 16.3. The molecule has 1 fully saturated rings. The van der Waals surface area contributed by atoms with Gasteiger partial charge in [0.25, 0.3) is 0 Å². The van der Waals surface area contributed by atoms with Crippen molar-refractivity contribution in [3.05, 3.63) is 28.8 Å². The minimum absolute atomic E-state index is 0.00201. The molecule has 0 unspecified atom stereocenters. The van der Waals surface area contributed by atoms with Crippen molar-refractivity contribution in [2.24, 2.45) is 5.92 Å². The molecule has 0 spiro atoms. The van der Waals surface area contributed by atoms with Crippen LogP contribution in [0.5, 0.6) is 11.5 Å². The van der Waals surface area contributed by atoms with Crippen LogP contribution in [0.1, 0.15) is 25.3 Å². The molecule has 1 aliphatic rings. The fourth-order valence-corrected chi connectivity index (χ4v) is 3.43. The molecule has 1 aliphatic heterocycles. The SMILES string of the molecule is CCOc1cc(C=CC(=O)N2CCC(C(=O)N(C)C)CC2)cc(Cl)c1OC. The number of methoxy groups -OCH3 is 1. The summed E-state index contributed by atoms with van der Waals surface area (Å²) in [5, 5.41) is 0.429. The highest BCUT2D eigenvalue weighted by Gasteiger charge is 2.27. The van der Waals surface area contributed by atoms with E-state index < -0.39 is 0 Å². The molecule has 27 heavy (non-hydrogen) atoms. The third-order valence-corrected chi connectivity index (χ3v) is 4.83. The average molecular weight is 395 g/mol. The molecule has 0 atom stereocenters. The topological polar surface area (TPSA) is 59.1 Å². The number of hydrogen-bond acceptors (Lipinski definition) is 4. The molecule has 0 aromatic heterocycles. The molecule has 2 rings (SSSR count). The molecule has 1 saturated heterocycles. The molecule has 0 bridgehead atoms. The monoisotopic (exact) mass is 394 g/mol. The Morgan fingerprint density at radius 2 is 1.96 bits per heavy atom. The first-order valence-electron chi connectivity index (χ1n) is 9.05. The van der Waals surface area contributed by atoms with Gasteiger partial charge in [-0.15, -0.1) is 0 Å². The second-order valence-electron chi connectivity index (χ2n) is 6.63. The number of piperidine rings is 1. The number of halogens is 1. The second kappa shape index (κ2) is 9.65. The molecule has 6 nitrogen and oxygen atoms in total. The summed E-state index contributed by atoms with van der Waals surface area (Å²) in [6.45, 7) is 3.53. The van der Waals surface area contributed by atoms with E-state index in [1.165, 1.54) is 13.2 Å². The first kappa shape index (κ1) is 21.1. The van der Waals surface area contributed by atoms with Crippen LogP contribution in [0.25, 0.3) is 6.08 Å². The number of benzene rings is 1. The molecule has 1 aromatic rings. The second-order valence-corrected chi connectivity index (χ2v) is 7.04. The lowest BCUT2D eigenvalue weighted by atomic mass is 9.95. The molecule has 0 radical (unpaired) electrons. The number of hydrogen-bond donors (Lipinski definition) is 0. The van der Waals surface area contributed by atoms with E-state index in [9.17, 15) is 9.59 Å². The normalized spacial score (nSPS) is 15.1. The zero-order valence-corrected chi connectivity index (χ0v) is 17.1. The maximum Gasteiger partial charge on any atom is 0.246 e. The zero-order chi connectivity index (χ0) is 20.0. The Morgan fingerprint density at radius 1 is 1.30 bits per heavy atom. The number of carbonyl (C=O) groups is 2. The van der Waals surface area contributed by atoms with Gasteiger partial charge in [-0.05, 0) is 43.5 Å². The highest BCUT2D eigenvalue weighted by atomic mass is 35.5. The highest BCUT2D eigenvalue weighted by molar-refractivity contribution is 6.32. The lowest BCUT2D eigenvalue weighted by molar-refractivity contribution is -0.137. The molecule has 2 amide bonds. The van der Waals surface area contributed by atoms with E-state index in [1.807, 2.05) is 6.92 Å². The van der Waals surface area contributed by atoms with Crippen LogP contribution in [0.3, 0.4) is 0 Å². The summed E-state index contributed by atoms with van der Waals surface area (Å²) in [5.74, 6) is 1.09. The lowest BCUT2D eigenvalue weighted by Crippen LogP contribution is -2.42. The lowest BCUT2D eigenvalue weighted by Gasteiger charge is -2.31. The van der Waals surface area contributed by atoms with Crippen LogP contribution in [0.4, 0.5) is 0 Å². The van der Waals surface area contributed by atoms with Gasteiger partial charge in [0.1, 0.15) is 0 Å². The summed E-state index contributed by atoms with van der Waals surface area (Å²) in [5.41, 5.74) is 0.760. The molecule has 0 saturated carbocycles. The largest absolute Gasteiger partial charge is 0.491 e. The first-order valence-corrected chi connectivity index (χ1v) is 9.43. The molecule has 148 valence electrons. The van der Waals surface area contributed by atoms with Crippen molar-refractivity contribution >= 4 is 29.5 Å².